The van der Waals surface area contributed by atoms with Gasteiger partial charge < -0.3 is 14.3 Å². The number of hydrogen-bond acceptors (Lipinski definition) is 7. The highest BCUT2D eigenvalue weighted by molar-refractivity contribution is 6.01. The minimum atomic E-state index is -0.451. The molecule has 1 saturated heterocycles. The van der Waals surface area contributed by atoms with Gasteiger partial charge in [0.1, 0.15) is 18.5 Å². The van der Waals surface area contributed by atoms with E-state index in [9.17, 15) is 4.79 Å². The fourth-order valence-electron chi connectivity index (χ4n) is 4.51. The summed E-state index contributed by atoms with van der Waals surface area (Å²) >= 11 is 0. The smallest absolute Gasteiger partial charge is 0.249 e. The van der Waals surface area contributed by atoms with Crippen LogP contribution in [0.3, 0.4) is 0 Å². The maximum absolute atomic E-state index is 11.9. The Balaban J connectivity index is 1.22. The number of carbonyl (C=O) groups excluding carboxylic acids is 1. The van der Waals surface area contributed by atoms with Gasteiger partial charge >= 0.3 is 0 Å². The summed E-state index contributed by atoms with van der Waals surface area (Å²) in [7, 11) is 0. The lowest BCUT2D eigenvalue weighted by Crippen LogP contribution is -2.37. The van der Waals surface area contributed by atoms with Crippen LogP contribution in [-0.4, -0.2) is 41.1 Å². The minimum absolute atomic E-state index is 0.153. The summed E-state index contributed by atoms with van der Waals surface area (Å²) < 4.78 is 11.5. The molecule has 33 heavy (non-hydrogen) atoms. The minimum Gasteiger partial charge on any atom is -0.489 e. The van der Waals surface area contributed by atoms with E-state index in [0.29, 0.717) is 19.6 Å². The lowest BCUT2D eigenvalue weighted by atomic mass is 9.87. The maximum Gasteiger partial charge on any atom is 0.249 e. The second kappa shape index (κ2) is 9.17. The number of nitrogens with zero attached hydrogens (tertiary/aromatic N) is 2. The number of hydroxylamine groups is 1. The van der Waals surface area contributed by atoms with Gasteiger partial charge in [-0.1, -0.05) is 23.4 Å². The third kappa shape index (κ3) is 4.40. The number of rotatable bonds is 6. The van der Waals surface area contributed by atoms with E-state index in [0.717, 1.165) is 39.2 Å². The van der Waals surface area contributed by atoms with Gasteiger partial charge in [-0.05, 0) is 48.9 Å². The van der Waals surface area contributed by atoms with Crippen LogP contribution < -0.4 is 10.2 Å². The number of hydrogen-bond donors (Lipinski definition) is 2. The van der Waals surface area contributed by atoms with Crippen LogP contribution in [0.1, 0.15) is 23.2 Å². The van der Waals surface area contributed by atoms with Crippen molar-refractivity contribution < 1.29 is 24.3 Å². The van der Waals surface area contributed by atoms with Crippen LogP contribution in [0.15, 0.2) is 59.8 Å². The summed E-state index contributed by atoms with van der Waals surface area (Å²) in [5, 5.41) is 14.3. The zero-order valence-corrected chi connectivity index (χ0v) is 18.2. The third-order valence-electron chi connectivity index (χ3n) is 6.25. The molecule has 0 radical (unpaired) electrons. The molecular weight excluding hydrogens is 422 g/mol. The number of aromatic nitrogens is 1. The Labute approximate surface area is 191 Å². The number of fused-ring (bicyclic) bond motifs is 1. The van der Waals surface area contributed by atoms with E-state index in [-0.39, 0.29) is 18.6 Å². The highest BCUT2D eigenvalue weighted by Gasteiger charge is 2.42. The van der Waals surface area contributed by atoms with Gasteiger partial charge in [-0.2, -0.15) is 0 Å². The normalized spacial score (nSPS) is 22.1. The van der Waals surface area contributed by atoms with Crippen molar-refractivity contribution >= 4 is 22.5 Å². The summed E-state index contributed by atoms with van der Waals surface area (Å²) in [6.07, 6.45) is 0.315. The topological polar surface area (TPSA) is 102 Å². The molecule has 1 fully saturated rings. The van der Waals surface area contributed by atoms with Crippen molar-refractivity contribution in [1.82, 2.24) is 10.5 Å². The van der Waals surface area contributed by atoms with Crippen molar-refractivity contribution in [2.75, 3.05) is 13.2 Å². The predicted molar refractivity (Wildman–Crippen MR) is 121 cm³/mol. The quantitative estimate of drug-likeness (QED) is 0.444. The highest BCUT2D eigenvalue weighted by atomic mass is 16.6. The molecule has 0 aliphatic carbocycles. The second-order valence-corrected chi connectivity index (χ2v) is 8.42. The van der Waals surface area contributed by atoms with E-state index in [1.807, 2.05) is 49.4 Å². The molecule has 1 aromatic heterocycles. The standard InChI is InChI=1S/C25H25N3O5/c1-15-10-17(19-4-2-3-5-22(19)26-15)12-32-18-8-6-16(7-9-18)23-11-24(33-28-23)20-13-31-14-21(20)25(29)27-30/h2-10,20-21,24,30H,11-14H2,1H3,(H,27,29). The molecule has 1 amide bonds. The predicted octanol–water partition coefficient (Wildman–Crippen LogP) is 3.38. The summed E-state index contributed by atoms with van der Waals surface area (Å²) in [5.74, 6) is -0.289. The van der Waals surface area contributed by atoms with E-state index in [2.05, 4.69) is 22.3 Å². The Hall–Kier alpha value is -3.49. The zero-order valence-electron chi connectivity index (χ0n) is 18.2. The van der Waals surface area contributed by atoms with Crippen molar-refractivity contribution in [2.24, 2.45) is 17.0 Å². The second-order valence-electron chi connectivity index (χ2n) is 8.42. The molecule has 2 aliphatic rings. The number of carbonyl (C=O) groups is 1. The van der Waals surface area contributed by atoms with E-state index in [1.165, 1.54) is 0 Å². The SMILES string of the molecule is Cc1cc(COc2ccc(C3=NOC(C4COCC4C(=O)NO)C3)cc2)c2ccccc2n1. The van der Waals surface area contributed by atoms with Gasteiger partial charge in [0.2, 0.25) is 5.91 Å². The van der Waals surface area contributed by atoms with Gasteiger partial charge in [-0.25, -0.2) is 5.48 Å². The highest BCUT2D eigenvalue weighted by Crippen LogP contribution is 2.32. The summed E-state index contributed by atoms with van der Waals surface area (Å²) in [6.45, 7) is 3.11. The molecule has 2 aromatic carbocycles. The van der Waals surface area contributed by atoms with E-state index >= 15 is 0 Å². The molecule has 0 saturated carbocycles. The molecule has 0 bridgehead atoms. The summed E-state index contributed by atoms with van der Waals surface area (Å²) in [5.41, 5.74) is 6.50. The Bertz CT molecular complexity index is 1190. The van der Waals surface area contributed by atoms with Crippen LogP contribution >= 0.6 is 0 Å². The Morgan fingerprint density at radius 2 is 2.00 bits per heavy atom. The maximum atomic E-state index is 11.9. The van der Waals surface area contributed by atoms with Gasteiger partial charge in [-0.15, -0.1) is 0 Å². The van der Waals surface area contributed by atoms with Gasteiger partial charge in [0.15, 0.2) is 0 Å². The van der Waals surface area contributed by atoms with Gasteiger partial charge in [0, 0.05) is 29.0 Å². The van der Waals surface area contributed by atoms with E-state index in [1.54, 1.807) is 5.48 Å². The van der Waals surface area contributed by atoms with Crippen LogP contribution in [0.25, 0.3) is 10.9 Å². The molecule has 3 heterocycles. The first-order valence-electron chi connectivity index (χ1n) is 11.0. The fraction of sp³-hybridized carbons (Fsp3) is 0.320. The Morgan fingerprint density at radius 1 is 1.18 bits per heavy atom. The fourth-order valence-corrected chi connectivity index (χ4v) is 4.51. The summed E-state index contributed by atoms with van der Waals surface area (Å²) in [4.78, 5) is 22.1. The average molecular weight is 447 g/mol. The van der Waals surface area contributed by atoms with Crippen LogP contribution in [0.5, 0.6) is 5.75 Å². The number of ether oxygens (including phenoxy) is 2. The summed E-state index contributed by atoms with van der Waals surface area (Å²) in [6, 6.07) is 17.9. The van der Waals surface area contributed by atoms with Crippen LogP contribution in [0, 0.1) is 18.8 Å². The molecule has 2 aliphatic heterocycles. The molecule has 8 nitrogen and oxygen atoms in total. The van der Waals surface area contributed by atoms with Crippen molar-refractivity contribution in [1.29, 1.82) is 0 Å². The first-order chi connectivity index (χ1) is 16.1. The van der Waals surface area contributed by atoms with Crippen LogP contribution in [0.4, 0.5) is 0 Å². The lowest BCUT2D eigenvalue weighted by molar-refractivity contribution is -0.135. The largest absolute Gasteiger partial charge is 0.489 e. The Morgan fingerprint density at radius 3 is 2.82 bits per heavy atom. The zero-order chi connectivity index (χ0) is 22.8. The monoisotopic (exact) mass is 447 g/mol. The van der Waals surface area contributed by atoms with Crippen molar-refractivity contribution in [3.63, 3.8) is 0 Å². The molecule has 3 atom stereocenters. The van der Waals surface area contributed by atoms with E-state index < -0.39 is 11.8 Å². The molecule has 2 N–H and O–H groups in total. The number of nitrogens with one attached hydrogen (secondary N) is 1. The first kappa shape index (κ1) is 21.4. The van der Waals surface area contributed by atoms with Crippen molar-refractivity contribution in [3.05, 3.63) is 71.4 Å². The number of benzene rings is 2. The lowest BCUT2D eigenvalue weighted by Gasteiger charge is -2.20. The number of pyridine rings is 1. The van der Waals surface area contributed by atoms with Gasteiger partial charge in [0.25, 0.3) is 0 Å². The molecular formula is C25H25N3O5. The molecule has 5 rings (SSSR count). The molecule has 3 unspecified atom stereocenters. The van der Waals surface area contributed by atoms with Crippen molar-refractivity contribution in [3.8, 4) is 5.75 Å². The number of para-hydroxylation sites is 1. The molecule has 8 heteroatoms. The number of aryl methyl sites for hydroxylation is 1. The molecule has 170 valence electrons. The number of amides is 1. The molecule has 3 aromatic rings. The Kier molecular flexibility index (Phi) is 5.93. The van der Waals surface area contributed by atoms with Gasteiger partial charge in [-0.3, -0.25) is 15.0 Å². The van der Waals surface area contributed by atoms with Crippen molar-refractivity contribution in [2.45, 2.75) is 26.1 Å². The first-order valence-corrected chi connectivity index (χ1v) is 11.0. The molecule has 0 spiro atoms. The van der Waals surface area contributed by atoms with Crippen LogP contribution in [0.2, 0.25) is 0 Å². The van der Waals surface area contributed by atoms with Crippen LogP contribution in [-0.2, 0) is 21.0 Å². The van der Waals surface area contributed by atoms with E-state index in [4.69, 9.17) is 19.5 Å². The average Bonchev–Trinajstić information content (AvgIpc) is 3.52. The van der Waals surface area contributed by atoms with Gasteiger partial charge in [0.05, 0.1) is 30.4 Å². The number of oxime groups is 1. The third-order valence-corrected chi connectivity index (χ3v) is 6.25.